The summed E-state index contributed by atoms with van der Waals surface area (Å²) in [7, 11) is 0. The average molecular weight is 176 g/mol. The molecule has 11 heavy (non-hydrogen) atoms. The zero-order valence-corrected chi connectivity index (χ0v) is 8.58. The van der Waals surface area contributed by atoms with Crippen molar-refractivity contribution in [3.8, 4) is 0 Å². The molecule has 0 bridgehead atoms. The van der Waals surface area contributed by atoms with Crippen molar-refractivity contribution in [3.05, 3.63) is 0 Å². The molecule has 0 saturated heterocycles. The Kier molecular flexibility index (Phi) is 7.12. The minimum atomic E-state index is 0.493. The van der Waals surface area contributed by atoms with Gasteiger partial charge in [-0.1, -0.05) is 27.2 Å². The molecule has 0 aromatic carbocycles. The molecule has 0 aliphatic carbocycles. The second kappa shape index (κ2) is 6.95. The van der Waals surface area contributed by atoms with Gasteiger partial charge >= 0.3 is 0 Å². The lowest BCUT2D eigenvalue weighted by atomic mass is 10.2. The lowest BCUT2D eigenvalue weighted by molar-refractivity contribution is 0.532. The number of hydrogen-bond donors (Lipinski definition) is 2. The standard InChI is InChI=1S/C8H20N2S/c1-4-5-8(10-9)6-11-7(2)3/h7-8,10H,4-6,9H2,1-3H3. The van der Waals surface area contributed by atoms with E-state index in [9.17, 15) is 0 Å². The Balaban J connectivity index is 3.35. The van der Waals surface area contributed by atoms with E-state index in [-0.39, 0.29) is 0 Å². The molecule has 0 radical (unpaired) electrons. The van der Waals surface area contributed by atoms with Crippen molar-refractivity contribution in [1.82, 2.24) is 5.43 Å². The van der Waals surface area contributed by atoms with Crippen molar-refractivity contribution in [2.45, 2.75) is 44.9 Å². The van der Waals surface area contributed by atoms with Gasteiger partial charge in [0.2, 0.25) is 0 Å². The predicted octanol–water partition coefficient (Wildman–Crippen LogP) is 1.76. The minimum Gasteiger partial charge on any atom is -0.271 e. The van der Waals surface area contributed by atoms with E-state index in [1.807, 2.05) is 11.8 Å². The molecule has 0 rings (SSSR count). The maximum Gasteiger partial charge on any atom is 0.0301 e. The summed E-state index contributed by atoms with van der Waals surface area (Å²) >= 11 is 1.96. The normalized spacial score (nSPS) is 13.9. The van der Waals surface area contributed by atoms with Gasteiger partial charge in [0, 0.05) is 11.8 Å². The molecule has 2 nitrogen and oxygen atoms in total. The molecule has 0 amide bonds. The Labute approximate surface area is 74.3 Å². The van der Waals surface area contributed by atoms with Crippen LogP contribution in [-0.4, -0.2) is 17.0 Å². The Hall–Kier alpha value is 0.270. The quantitative estimate of drug-likeness (QED) is 0.478. The fraction of sp³-hybridized carbons (Fsp3) is 1.00. The lowest BCUT2D eigenvalue weighted by Gasteiger charge is -2.15. The molecule has 0 spiro atoms. The topological polar surface area (TPSA) is 38.0 Å². The summed E-state index contributed by atoms with van der Waals surface area (Å²) in [6.45, 7) is 6.61. The monoisotopic (exact) mass is 176 g/mol. The first-order valence-corrected chi connectivity index (χ1v) is 5.33. The van der Waals surface area contributed by atoms with Gasteiger partial charge < -0.3 is 0 Å². The van der Waals surface area contributed by atoms with Gasteiger partial charge in [0.05, 0.1) is 0 Å². The molecule has 0 saturated carbocycles. The van der Waals surface area contributed by atoms with Crippen molar-refractivity contribution in [3.63, 3.8) is 0 Å². The molecule has 0 aliphatic rings. The summed E-state index contributed by atoms with van der Waals surface area (Å²) in [5.41, 5.74) is 2.84. The number of thioether (sulfide) groups is 1. The highest BCUT2D eigenvalue weighted by Gasteiger charge is 2.05. The predicted molar refractivity (Wildman–Crippen MR) is 53.6 cm³/mol. The van der Waals surface area contributed by atoms with E-state index in [1.54, 1.807) is 0 Å². The molecule has 0 aromatic heterocycles. The zero-order chi connectivity index (χ0) is 8.69. The van der Waals surface area contributed by atoms with Crippen LogP contribution in [0, 0.1) is 0 Å². The van der Waals surface area contributed by atoms with Crippen LogP contribution in [0.3, 0.4) is 0 Å². The van der Waals surface area contributed by atoms with Crippen molar-refractivity contribution >= 4 is 11.8 Å². The van der Waals surface area contributed by atoms with Gasteiger partial charge in [-0.25, -0.2) is 0 Å². The first-order valence-electron chi connectivity index (χ1n) is 4.28. The van der Waals surface area contributed by atoms with Gasteiger partial charge in [-0.05, 0) is 11.7 Å². The van der Waals surface area contributed by atoms with E-state index in [1.165, 1.54) is 12.8 Å². The van der Waals surface area contributed by atoms with E-state index in [0.29, 0.717) is 11.3 Å². The third-order valence-electron chi connectivity index (χ3n) is 1.50. The molecule has 0 aromatic rings. The molecule has 1 atom stereocenters. The van der Waals surface area contributed by atoms with Crippen molar-refractivity contribution in [2.24, 2.45) is 5.84 Å². The average Bonchev–Trinajstić information content (AvgIpc) is 1.97. The van der Waals surface area contributed by atoms with Crippen molar-refractivity contribution < 1.29 is 0 Å². The van der Waals surface area contributed by atoms with Crippen LogP contribution in [0.25, 0.3) is 0 Å². The summed E-state index contributed by atoms with van der Waals surface area (Å²) in [4.78, 5) is 0. The number of rotatable bonds is 6. The summed E-state index contributed by atoms with van der Waals surface area (Å²) < 4.78 is 0. The number of hydrogen-bond acceptors (Lipinski definition) is 3. The Morgan fingerprint density at radius 2 is 2.09 bits per heavy atom. The van der Waals surface area contributed by atoms with Crippen LogP contribution in [0.15, 0.2) is 0 Å². The lowest BCUT2D eigenvalue weighted by Crippen LogP contribution is -2.37. The summed E-state index contributed by atoms with van der Waals surface area (Å²) in [5.74, 6) is 6.51. The largest absolute Gasteiger partial charge is 0.271 e. The van der Waals surface area contributed by atoms with Crippen LogP contribution in [-0.2, 0) is 0 Å². The van der Waals surface area contributed by atoms with E-state index < -0.39 is 0 Å². The third kappa shape index (κ3) is 6.66. The van der Waals surface area contributed by atoms with Crippen LogP contribution >= 0.6 is 11.8 Å². The van der Waals surface area contributed by atoms with E-state index in [2.05, 4.69) is 26.2 Å². The van der Waals surface area contributed by atoms with Gasteiger partial charge in [0.15, 0.2) is 0 Å². The second-order valence-corrected chi connectivity index (χ2v) is 4.64. The first kappa shape index (κ1) is 11.3. The third-order valence-corrected chi connectivity index (χ3v) is 2.77. The van der Waals surface area contributed by atoms with Crippen LogP contribution in [0.1, 0.15) is 33.6 Å². The van der Waals surface area contributed by atoms with Crippen LogP contribution in [0.2, 0.25) is 0 Å². The summed E-state index contributed by atoms with van der Waals surface area (Å²) in [6, 6.07) is 0.493. The molecule has 0 aliphatic heterocycles. The van der Waals surface area contributed by atoms with Gasteiger partial charge in [-0.2, -0.15) is 11.8 Å². The SMILES string of the molecule is CCCC(CSC(C)C)NN. The first-order chi connectivity index (χ1) is 5.20. The highest BCUT2D eigenvalue weighted by Crippen LogP contribution is 2.12. The van der Waals surface area contributed by atoms with Gasteiger partial charge in [-0.15, -0.1) is 0 Å². The smallest absolute Gasteiger partial charge is 0.0301 e. The second-order valence-electron chi connectivity index (χ2n) is 3.03. The molecule has 68 valence electrons. The fourth-order valence-electron chi connectivity index (χ4n) is 0.872. The highest BCUT2D eigenvalue weighted by molar-refractivity contribution is 7.99. The minimum absolute atomic E-state index is 0.493. The Morgan fingerprint density at radius 3 is 2.45 bits per heavy atom. The molecular formula is C8H20N2S. The maximum absolute atomic E-state index is 5.38. The molecule has 0 fully saturated rings. The molecule has 3 N–H and O–H groups in total. The maximum atomic E-state index is 5.38. The summed E-state index contributed by atoms with van der Waals surface area (Å²) in [5, 5.41) is 0.711. The molecule has 3 heteroatoms. The molecule has 0 heterocycles. The Morgan fingerprint density at radius 1 is 1.45 bits per heavy atom. The van der Waals surface area contributed by atoms with E-state index >= 15 is 0 Å². The van der Waals surface area contributed by atoms with E-state index in [4.69, 9.17) is 5.84 Å². The molecular weight excluding hydrogens is 156 g/mol. The van der Waals surface area contributed by atoms with Gasteiger partial charge in [0.1, 0.15) is 0 Å². The molecule has 1 unspecified atom stereocenters. The van der Waals surface area contributed by atoms with Gasteiger partial charge in [0.25, 0.3) is 0 Å². The fourth-order valence-corrected chi connectivity index (χ4v) is 1.75. The van der Waals surface area contributed by atoms with Crippen LogP contribution in [0.5, 0.6) is 0 Å². The Bertz CT molecular complexity index is 86.2. The number of nitrogens with two attached hydrogens (primary N) is 1. The van der Waals surface area contributed by atoms with Gasteiger partial charge in [-0.3, -0.25) is 11.3 Å². The number of nitrogens with one attached hydrogen (secondary N) is 1. The van der Waals surface area contributed by atoms with Crippen molar-refractivity contribution in [1.29, 1.82) is 0 Å². The van der Waals surface area contributed by atoms with Crippen LogP contribution in [0.4, 0.5) is 0 Å². The summed E-state index contributed by atoms with van der Waals surface area (Å²) in [6.07, 6.45) is 2.38. The highest BCUT2D eigenvalue weighted by atomic mass is 32.2. The van der Waals surface area contributed by atoms with Crippen LogP contribution < -0.4 is 11.3 Å². The zero-order valence-electron chi connectivity index (χ0n) is 7.76. The van der Waals surface area contributed by atoms with Crippen molar-refractivity contribution in [2.75, 3.05) is 5.75 Å². The number of hydrazine groups is 1. The van der Waals surface area contributed by atoms with E-state index in [0.717, 1.165) is 5.75 Å².